The molecule has 288 valence electrons. The van der Waals surface area contributed by atoms with E-state index in [9.17, 15) is 0 Å². The molecular weight excluding hydrogens is 765 g/mol. The number of rotatable bonds is 2. The Morgan fingerprint density at radius 3 is 1.03 bits per heavy atom. The molecule has 0 unspecified atom stereocenters. The zero-order chi connectivity index (χ0) is 39.2. The maximum atomic E-state index is 6.94. The van der Waals surface area contributed by atoms with E-state index < -0.39 is 16.1 Å². The summed E-state index contributed by atoms with van der Waals surface area (Å²) in [6.07, 6.45) is 5.33. The van der Waals surface area contributed by atoms with Gasteiger partial charge in [0.25, 0.3) is 0 Å². The van der Waals surface area contributed by atoms with Gasteiger partial charge < -0.3 is 19.3 Å². The molecule has 60 heavy (non-hydrogen) atoms. The molecule has 14 rings (SSSR count). The molecule has 8 aromatic carbocycles. The average molecular weight is 807 g/mol. The fourth-order valence-electron chi connectivity index (χ4n) is 12.6. The third-order valence-electron chi connectivity index (χ3n) is 15.1. The molecule has 0 amide bonds. The van der Waals surface area contributed by atoms with Crippen LogP contribution in [0.4, 0.5) is 34.1 Å². The molecule has 6 aliphatic rings. The van der Waals surface area contributed by atoms with Crippen LogP contribution < -0.4 is 40.0 Å². The molecule has 6 aliphatic heterocycles. The SMILES string of the molecule is c1ccc2c(c1)N(c1ccc3c(c1)Oc1ccc4c5c(ccc-3c15)-c1ccc(N3c5ccccc5[Si]5(CCCC5)c5ccccc53)cc1O4)c1ccccc1[Si]21CCCC1. The van der Waals surface area contributed by atoms with Gasteiger partial charge in [-0.05, 0) is 117 Å². The molecule has 2 saturated heterocycles. The van der Waals surface area contributed by atoms with Crippen molar-refractivity contribution < 1.29 is 9.47 Å². The van der Waals surface area contributed by atoms with Crippen molar-refractivity contribution in [2.75, 3.05) is 9.80 Å². The van der Waals surface area contributed by atoms with Crippen molar-refractivity contribution in [3.63, 3.8) is 0 Å². The molecule has 4 nitrogen and oxygen atoms in total. The minimum Gasteiger partial charge on any atom is -0.456 e. The molecule has 0 atom stereocenters. The van der Waals surface area contributed by atoms with E-state index in [4.69, 9.17) is 9.47 Å². The number of para-hydroxylation sites is 4. The Hall–Kier alpha value is -6.35. The number of anilines is 6. The predicted octanol–water partition coefficient (Wildman–Crippen LogP) is 12.7. The van der Waals surface area contributed by atoms with Crippen molar-refractivity contribution in [3.05, 3.63) is 158 Å². The lowest BCUT2D eigenvalue weighted by atomic mass is 9.88. The van der Waals surface area contributed by atoms with Crippen LogP contribution in [0, 0.1) is 0 Å². The minimum absolute atomic E-state index is 0.877. The normalized spacial score (nSPS) is 17.6. The Morgan fingerprint density at radius 1 is 0.333 bits per heavy atom. The molecule has 0 N–H and O–H groups in total. The topological polar surface area (TPSA) is 24.9 Å². The number of hydrogen-bond donors (Lipinski definition) is 0. The Labute approximate surface area is 352 Å². The van der Waals surface area contributed by atoms with Crippen LogP contribution >= 0.6 is 0 Å². The Bertz CT molecular complexity index is 2850. The van der Waals surface area contributed by atoms with E-state index in [2.05, 4.69) is 168 Å². The Morgan fingerprint density at radius 2 is 0.667 bits per heavy atom. The lowest BCUT2D eigenvalue weighted by Gasteiger charge is -2.43. The van der Waals surface area contributed by atoms with Gasteiger partial charge in [-0.2, -0.15) is 0 Å². The van der Waals surface area contributed by atoms with Gasteiger partial charge in [0.15, 0.2) is 0 Å². The first-order valence-corrected chi connectivity index (χ1v) is 26.8. The van der Waals surface area contributed by atoms with Gasteiger partial charge in [0.1, 0.15) is 39.1 Å². The third kappa shape index (κ3) is 4.30. The maximum absolute atomic E-state index is 6.94. The maximum Gasteiger partial charge on any atom is 0.137 e. The van der Waals surface area contributed by atoms with Crippen LogP contribution in [0.15, 0.2) is 158 Å². The second-order valence-corrected chi connectivity index (χ2v) is 26.3. The first-order chi connectivity index (χ1) is 29.7. The largest absolute Gasteiger partial charge is 0.456 e. The van der Waals surface area contributed by atoms with Gasteiger partial charge >= 0.3 is 0 Å². The first kappa shape index (κ1) is 33.5. The summed E-state index contributed by atoms with van der Waals surface area (Å²) in [4.78, 5) is 4.99. The zero-order valence-electron chi connectivity index (χ0n) is 33.4. The van der Waals surface area contributed by atoms with Crippen LogP contribution in [0.5, 0.6) is 23.0 Å². The van der Waals surface area contributed by atoms with E-state index in [0.29, 0.717) is 0 Å². The van der Waals surface area contributed by atoms with Crippen molar-refractivity contribution >= 4 is 81.8 Å². The van der Waals surface area contributed by atoms with Crippen molar-refractivity contribution in [3.8, 4) is 45.3 Å². The third-order valence-corrected chi connectivity index (χ3v) is 25.8. The fraction of sp³-hybridized carbons (Fsp3) is 0.148. The smallest absolute Gasteiger partial charge is 0.137 e. The molecule has 6 heteroatoms. The molecule has 0 aromatic heterocycles. The van der Waals surface area contributed by atoms with Gasteiger partial charge in [0.2, 0.25) is 0 Å². The molecule has 6 heterocycles. The molecule has 2 spiro atoms. The highest BCUT2D eigenvalue weighted by Crippen LogP contribution is 2.57. The van der Waals surface area contributed by atoms with Gasteiger partial charge in [0.05, 0.1) is 0 Å². The Kier molecular flexibility index (Phi) is 6.76. The van der Waals surface area contributed by atoms with E-state index >= 15 is 0 Å². The fourth-order valence-corrected chi connectivity index (χ4v) is 23.7. The number of benzene rings is 8. The molecule has 0 radical (unpaired) electrons. The molecule has 0 aliphatic carbocycles. The van der Waals surface area contributed by atoms with Crippen molar-refractivity contribution in [2.45, 2.75) is 49.9 Å². The monoisotopic (exact) mass is 806 g/mol. The standard InChI is InChI=1S/C54H42N2O2Si2/c1-5-17-49-41(13-1)55(42-14-2-6-18-50(42)59(49)29-9-10-30-59)35-21-23-37-39-25-26-40-38-24-22-36(34-48(38)58-46-28-27-45(53(39)54(40)46)57-47(37)33-35)56-43-15-3-7-19-51(43)60(31-11-12-32-60)52-20-8-4-16-44(52)56/h1-8,13-28,33-34H,9-12,29-32H2. The van der Waals surface area contributed by atoms with E-state index in [0.717, 1.165) is 56.3 Å². The predicted molar refractivity (Wildman–Crippen MR) is 252 cm³/mol. The Balaban J connectivity index is 0.869. The van der Waals surface area contributed by atoms with Gasteiger partial charge in [-0.15, -0.1) is 0 Å². The van der Waals surface area contributed by atoms with Crippen molar-refractivity contribution in [1.29, 1.82) is 0 Å². The van der Waals surface area contributed by atoms with Crippen LogP contribution in [-0.4, -0.2) is 16.1 Å². The van der Waals surface area contributed by atoms with Crippen LogP contribution in [0.3, 0.4) is 0 Å². The average Bonchev–Trinajstić information content (AvgIpc) is 4.00. The first-order valence-electron chi connectivity index (χ1n) is 21.9. The molecule has 0 bridgehead atoms. The van der Waals surface area contributed by atoms with Gasteiger partial charge in [-0.3, -0.25) is 0 Å². The molecule has 2 fully saturated rings. The zero-order valence-corrected chi connectivity index (χ0v) is 35.4. The summed E-state index contributed by atoms with van der Waals surface area (Å²) in [5.41, 5.74) is 12.2. The summed E-state index contributed by atoms with van der Waals surface area (Å²) in [7, 11) is -3.62. The van der Waals surface area contributed by atoms with Gasteiger partial charge in [-0.25, -0.2) is 0 Å². The van der Waals surface area contributed by atoms with E-state index in [1.165, 1.54) is 83.7 Å². The van der Waals surface area contributed by atoms with Gasteiger partial charge in [0, 0.05) is 68.2 Å². The number of nitrogens with zero attached hydrogens (tertiary/aromatic N) is 2. The highest BCUT2D eigenvalue weighted by Gasteiger charge is 2.49. The summed E-state index contributed by atoms with van der Waals surface area (Å²) in [5, 5.41) is 8.58. The van der Waals surface area contributed by atoms with E-state index in [1.807, 2.05) is 0 Å². The summed E-state index contributed by atoms with van der Waals surface area (Å²) in [6.45, 7) is 0. The highest BCUT2D eigenvalue weighted by atomic mass is 28.3. The van der Waals surface area contributed by atoms with Gasteiger partial charge in [-0.1, -0.05) is 111 Å². The minimum atomic E-state index is -1.81. The summed E-state index contributed by atoms with van der Waals surface area (Å²) < 4.78 is 13.9. The van der Waals surface area contributed by atoms with Crippen molar-refractivity contribution in [2.24, 2.45) is 0 Å². The number of hydrogen-bond acceptors (Lipinski definition) is 4. The quantitative estimate of drug-likeness (QED) is 0.162. The lowest BCUT2D eigenvalue weighted by molar-refractivity contribution is 0.475. The molecule has 0 saturated carbocycles. The second-order valence-electron chi connectivity index (χ2n) is 17.9. The second kappa shape index (κ2) is 12.1. The van der Waals surface area contributed by atoms with Crippen LogP contribution in [-0.2, 0) is 0 Å². The summed E-state index contributed by atoms with van der Waals surface area (Å²) in [6, 6.07) is 64.8. The lowest BCUT2D eigenvalue weighted by Crippen LogP contribution is -2.60. The number of ether oxygens (including phenoxy) is 2. The van der Waals surface area contributed by atoms with Crippen LogP contribution in [0.1, 0.15) is 25.7 Å². The summed E-state index contributed by atoms with van der Waals surface area (Å²) >= 11 is 0. The van der Waals surface area contributed by atoms with Crippen LogP contribution in [0.2, 0.25) is 24.2 Å². The van der Waals surface area contributed by atoms with E-state index in [-0.39, 0.29) is 0 Å². The highest BCUT2D eigenvalue weighted by molar-refractivity contribution is 7.05. The van der Waals surface area contributed by atoms with Crippen LogP contribution in [0.25, 0.3) is 33.0 Å². The molecule has 8 aromatic rings. The van der Waals surface area contributed by atoms with E-state index in [1.54, 1.807) is 20.7 Å². The summed E-state index contributed by atoms with van der Waals surface area (Å²) in [5.74, 6) is 3.54. The number of fused-ring (bicyclic) bond motifs is 12. The molecular formula is C54H42N2O2Si2. The van der Waals surface area contributed by atoms with Crippen molar-refractivity contribution in [1.82, 2.24) is 0 Å².